The number of aromatic nitrogens is 1. The van der Waals surface area contributed by atoms with Gasteiger partial charge in [0.25, 0.3) is 0 Å². The molecule has 1 aliphatic carbocycles. The van der Waals surface area contributed by atoms with E-state index >= 15 is 0 Å². The van der Waals surface area contributed by atoms with Gasteiger partial charge in [0.2, 0.25) is 5.91 Å². The van der Waals surface area contributed by atoms with Crippen molar-refractivity contribution in [1.82, 2.24) is 10.3 Å². The lowest BCUT2D eigenvalue weighted by Crippen LogP contribution is -2.56. The average molecular weight is 291 g/mol. The monoisotopic (exact) mass is 291 g/mol. The summed E-state index contributed by atoms with van der Waals surface area (Å²) in [6.45, 7) is 0. The number of esters is 1. The molecule has 2 rings (SSSR count). The van der Waals surface area contributed by atoms with Crippen molar-refractivity contribution >= 4 is 11.9 Å². The Morgan fingerprint density at radius 1 is 1.48 bits per heavy atom. The second kappa shape index (κ2) is 6.67. The fourth-order valence-corrected chi connectivity index (χ4v) is 2.63. The Kier molecular flexibility index (Phi) is 4.90. The van der Waals surface area contributed by atoms with Crippen molar-refractivity contribution in [3.8, 4) is 0 Å². The van der Waals surface area contributed by atoms with Gasteiger partial charge in [-0.15, -0.1) is 0 Å². The molecule has 21 heavy (non-hydrogen) atoms. The minimum absolute atomic E-state index is 0.278. The number of carbonyl (C=O) groups is 2. The Hall–Kier alpha value is -1.95. The van der Waals surface area contributed by atoms with Crippen LogP contribution in [0.25, 0.3) is 0 Å². The van der Waals surface area contributed by atoms with Crippen LogP contribution in [0.15, 0.2) is 24.5 Å². The first kappa shape index (κ1) is 15.4. The van der Waals surface area contributed by atoms with Crippen molar-refractivity contribution in [3.63, 3.8) is 0 Å². The van der Waals surface area contributed by atoms with Crippen LogP contribution in [0.5, 0.6) is 0 Å². The van der Waals surface area contributed by atoms with Crippen LogP contribution in [-0.2, 0) is 20.7 Å². The molecule has 0 saturated heterocycles. The number of hydrogen-bond donors (Lipinski definition) is 2. The molecular weight excluding hydrogens is 270 g/mol. The van der Waals surface area contributed by atoms with E-state index < -0.39 is 17.6 Å². The molecule has 0 radical (unpaired) electrons. The molecule has 6 heteroatoms. The number of nitrogens with zero attached hydrogens (tertiary/aromatic N) is 1. The van der Waals surface area contributed by atoms with Crippen LogP contribution in [-0.4, -0.2) is 35.6 Å². The summed E-state index contributed by atoms with van der Waals surface area (Å²) in [4.78, 5) is 28.2. The zero-order valence-electron chi connectivity index (χ0n) is 12.2. The molecule has 114 valence electrons. The third-order valence-corrected chi connectivity index (χ3v) is 3.90. The molecule has 1 amide bonds. The lowest BCUT2D eigenvalue weighted by molar-refractivity contribution is -0.145. The molecule has 1 aromatic heterocycles. The van der Waals surface area contributed by atoms with E-state index in [9.17, 15) is 9.59 Å². The molecule has 1 atom stereocenters. The highest BCUT2D eigenvalue weighted by Gasteiger charge is 2.38. The van der Waals surface area contributed by atoms with Crippen LogP contribution >= 0.6 is 0 Å². The summed E-state index contributed by atoms with van der Waals surface area (Å²) in [5, 5.41) is 2.73. The maximum atomic E-state index is 12.3. The van der Waals surface area contributed by atoms with E-state index in [1.54, 1.807) is 18.5 Å². The average Bonchev–Trinajstić information content (AvgIpc) is 2.95. The molecule has 0 unspecified atom stereocenters. The number of methoxy groups -OCH3 is 1. The predicted octanol–water partition coefficient (Wildman–Crippen LogP) is 0.553. The van der Waals surface area contributed by atoms with Gasteiger partial charge >= 0.3 is 5.97 Å². The lowest BCUT2D eigenvalue weighted by atomic mass is 9.97. The molecule has 0 aromatic carbocycles. The van der Waals surface area contributed by atoms with Gasteiger partial charge in [-0.3, -0.25) is 9.78 Å². The number of nitrogens with two attached hydrogens (primary N) is 1. The minimum Gasteiger partial charge on any atom is -0.467 e. The van der Waals surface area contributed by atoms with Crippen LogP contribution in [0.1, 0.15) is 31.2 Å². The third-order valence-electron chi connectivity index (χ3n) is 3.90. The van der Waals surface area contributed by atoms with Crippen LogP contribution in [0.2, 0.25) is 0 Å². The van der Waals surface area contributed by atoms with Gasteiger partial charge in [0, 0.05) is 18.8 Å². The van der Waals surface area contributed by atoms with Crippen molar-refractivity contribution in [2.75, 3.05) is 7.11 Å². The summed E-state index contributed by atoms with van der Waals surface area (Å²) in [7, 11) is 1.30. The van der Waals surface area contributed by atoms with Gasteiger partial charge < -0.3 is 15.8 Å². The zero-order chi connectivity index (χ0) is 15.3. The second-order valence-electron chi connectivity index (χ2n) is 5.48. The van der Waals surface area contributed by atoms with Crippen molar-refractivity contribution < 1.29 is 14.3 Å². The largest absolute Gasteiger partial charge is 0.467 e. The van der Waals surface area contributed by atoms with E-state index in [4.69, 9.17) is 10.5 Å². The Bertz CT molecular complexity index is 498. The minimum atomic E-state index is -0.860. The summed E-state index contributed by atoms with van der Waals surface area (Å²) < 4.78 is 4.77. The first-order valence-electron chi connectivity index (χ1n) is 7.12. The highest BCUT2D eigenvalue weighted by molar-refractivity contribution is 5.90. The first-order chi connectivity index (χ1) is 10.0. The number of carbonyl (C=O) groups excluding carboxylic acids is 2. The van der Waals surface area contributed by atoms with E-state index in [1.807, 2.05) is 6.07 Å². The number of rotatable bonds is 5. The molecular formula is C15H21N3O3. The quantitative estimate of drug-likeness (QED) is 0.773. The molecule has 1 aromatic rings. The van der Waals surface area contributed by atoms with Gasteiger partial charge in [-0.2, -0.15) is 0 Å². The van der Waals surface area contributed by atoms with Crippen molar-refractivity contribution in [1.29, 1.82) is 0 Å². The maximum absolute atomic E-state index is 12.3. The van der Waals surface area contributed by atoms with Crippen LogP contribution in [0.3, 0.4) is 0 Å². The number of pyridine rings is 1. The normalized spacial score (nSPS) is 18.0. The summed E-state index contributed by atoms with van der Waals surface area (Å²) in [5.41, 5.74) is 6.10. The molecule has 3 N–H and O–H groups in total. The van der Waals surface area contributed by atoms with Crippen LogP contribution < -0.4 is 11.1 Å². The molecule has 1 saturated carbocycles. The van der Waals surface area contributed by atoms with E-state index in [2.05, 4.69) is 10.3 Å². The van der Waals surface area contributed by atoms with E-state index in [0.29, 0.717) is 19.3 Å². The Labute approximate surface area is 124 Å². The fourth-order valence-electron chi connectivity index (χ4n) is 2.63. The lowest BCUT2D eigenvalue weighted by Gasteiger charge is -2.25. The summed E-state index contributed by atoms with van der Waals surface area (Å²) in [5.74, 6) is -0.756. The van der Waals surface area contributed by atoms with Crippen molar-refractivity contribution in [3.05, 3.63) is 30.1 Å². The molecule has 1 aliphatic rings. The molecule has 6 nitrogen and oxygen atoms in total. The van der Waals surface area contributed by atoms with Crippen LogP contribution in [0.4, 0.5) is 0 Å². The van der Waals surface area contributed by atoms with Gasteiger partial charge in [0.1, 0.15) is 6.04 Å². The van der Waals surface area contributed by atoms with E-state index in [-0.39, 0.29) is 5.91 Å². The SMILES string of the molecule is COC(=O)[C@H](Cc1cccnc1)NC(=O)C1(N)CCCC1. The van der Waals surface area contributed by atoms with Gasteiger partial charge in [-0.1, -0.05) is 18.9 Å². The van der Waals surface area contributed by atoms with Crippen molar-refractivity contribution in [2.45, 2.75) is 43.7 Å². The van der Waals surface area contributed by atoms with E-state index in [1.165, 1.54) is 7.11 Å². The summed E-state index contributed by atoms with van der Waals surface area (Å²) >= 11 is 0. The highest BCUT2D eigenvalue weighted by Crippen LogP contribution is 2.27. The zero-order valence-corrected chi connectivity index (χ0v) is 12.2. The van der Waals surface area contributed by atoms with Gasteiger partial charge in [0.05, 0.1) is 12.6 Å². The molecule has 0 aliphatic heterocycles. The summed E-state index contributed by atoms with van der Waals surface area (Å²) in [6.07, 6.45) is 6.84. The molecule has 0 spiro atoms. The van der Waals surface area contributed by atoms with Gasteiger partial charge in [0.15, 0.2) is 0 Å². The fraction of sp³-hybridized carbons (Fsp3) is 0.533. The van der Waals surface area contributed by atoms with Gasteiger partial charge in [-0.25, -0.2) is 4.79 Å². The number of amides is 1. The number of nitrogens with one attached hydrogen (secondary N) is 1. The summed E-state index contributed by atoms with van der Waals surface area (Å²) in [6, 6.07) is 2.89. The third kappa shape index (κ3) is 3.78. The van der Waals surface area contributed by atoms with Gasteiger partial charge in [-0.05, 0) is 24.5 Å². The predicted molar refractivity (Wildman–Crippen MR) is 77.3 cm³/mol. The number of hydrogen-bond acceptors (Lipinski definition) is 5. The smallest absolute Gasteiger partial charge is 0.328 e. The first-order valence-corrected chi connectivity index (χ1v) is 7.12. The second-order valence-corrected chi connectivity index (χ2v) is 5.48. The van der Waals surface area contributed by atoms with Crippen molar-refractivity contribution in [2.24, 2.45) is 5.73 Å². The standard InChI is InChI=1S/C15H21N3O3/c1-21-13(19)12(9-11-5-4-8-17-10-11)18-14(20)15(16)6-2-3-7-15/h4-5,8,10,12H,2-3,6-7,9,16H2,1H3,(H,18,20)/t12-/m0/s1. The maximum Gasteiger partial charge on any atom is 0.328 e. The van der Waals surface area contributed by atoms with Crippen LogP contribution in [0, 0.1) is 0 Å². The Morgan fingerprint density at radius 2 is 2.19 bits per heavy atom. The molecule has 1 heterocycles. The molecule has 1 fully saturated rings. The Morgan fingerprint density at radius 3 is 2.76 bits per heavy atom. The highest BCUT2D eigenvalue weighted by atomic mass is 16.5. The topological polar surface area (TPSA) is 94.3 Å². The number of ether oxygens (including phenoxy) is 1. The molecule has 0 bridgehead atoms. The Balaban J connectivity index is 2.06. The van der Waals surface area contributed by atoms with E-state index in [0.717, 1.165) is 18.4 Å².